The second-order valence-corrected chi connectivity index (χ2v) is 5.64. The van der Waals surface area contributed by atoms with Crippen molar-refractivity contribution in [2.75, 3.05) is 11.9 Å². The number of aryl methyl sites for hydroxylation is 1. The number of halogens is 1. The summed E-state index contributed by atoms with van der Waals surface area (Å²) in [5.41, 5.74) is 2.87. The second kappa shape index (κ2) is 7.25. The summed E-state index contributed by atoms with van der Waals surface area (Å²) in [6, 6.07) is 9.61. The van der Waals surface area contributed by atoms with E-state index < -0.39 is 5.97 Å². The van der Waals surface area contributed by atoms with E-state index in [1.165, 1.54) is 18.3 Å². The summed E-state index contributed by atoms with van der Waals surface area (Å²) in [5, 5.41) is 3.87. The Morgan fingerprint density at radius 1 is 1.20 bits per heavy atom. The highest BCUT2D eigenvalue weighted by atomic mass is 19.1. The summed E-state index contributed by atoms with van der Waals surface area (Å²) in [4.78, 5) is 21.1. The number of nitrogens with one attached hydrogen (secondary N) is 1. The molecule has 0 saturated heterocycles. The van der Waals surface area contributed by atoms with Crippen LogP contribution in [0.15, 0.2) is 42.6 Å². The lowest BCUT2D eigenvalue weighted by atomic mass is 10.1. The molecule has 0 unspecified atom stereocenters. The van der Waals surface area contributed by atoms with Crippen molar-refractivity contribution in [1.82, 2.24) is 9.97 Å². The Bertz CT molecular complexity index is 910. The Labute approximate surface area is 144 Å². The molecule has 0 bridgehead atoms. The molecule has 0 amide bonds. The van der Waals surface area contributed by atoms with Crippen LogP contribution in [0.1, 0.15) is 29.4 Å². The number of fused-ring (bicyclic) bond motifs is 1. The first-order valence-electron chi connectivity index (χ1n) is 8.04. The van der Waals surface area contributed by atoms with Gasteiger partial charge >= 0.3 is 5.97 Å². The number of hydrogen-bond acceptors (Lipinski definition) is 5. The Balaban J connectivity index is 2.09. The van der Waals surface area contributed by atoms with Crippen molar-refractivity contribution in [1.29, 1.82) is 0 Å². The van der Waals surface area contributed by atoms with Gasteiger partial charge < -0.3 is 10.1 Å². The predicted molar refractivity (Wildman–Crippen MR) is 94.5 cm³/mol. The van der Waals surface area contributed by atoms with Crippen LogP contribution in [0.4, 0.5) is 15.8 Å². The van der Waals surface area contributed by atoms with Crippen LogP contribution >= 0.6 is 0 Å². The molecule has 2 heterocycles. The third-order valence-corrected chi connectivity index (χ3v) is 3.64. The minimum absolute atomic E-state index is 0.316. The van der Waals surface area contributed by atoms with Crippen molar-refractivity contribution in [3.05, 3.63) is 59.7 Å². The van der Waals surface area contributed by atoms with Gasteiger partial charge in [0.1, 0.15) is 11.4 Å². The largest absolute Gasteiger partial charge is 0.462 e. The van der Waals surface area contributed by atoms with Crippen LogP contribution in [0, 0.1) is 12.7 Å². The van der Waals surface area contributed by atoms with Crippen molar-refractivity contribution in [2.45, 2.75) is 20.3 Å². The standard InChI is InChI=1S/C19H18FN3O2/c1-3-10-25-19(24)16-11-21-18-15(9-4-12(2)22-18)17(16)23-14-7-5-13(20)6-8-14/h4-9,11H,3,10H2,1-2H3,(H,21,22,23). The predicted octanol–water partition coefficient (Wildman–Crippen LogP) is 4.39. The number of carbonyl (C=O) groups is 1. The second-order valence-electron chi connectivity index (χ2n) is 5.64. The number of pyridine rings is 2. The molecule has 0 fully saturated rings. The fourth-order valence-electron chi connectivity index (χ4n) is 2.41. The lowest BCUT2D eigenvalue weighted by Gasteiger charge is -2.14. The minimum Gasteiger partial charge on any atom is -0.462 e. The zero-order chi connectivity index (χ0) is 17.8. The van der Waals surface area contributed by atoms with Crippen molar-refractivity contribution in [3.8, 4) is 0 Å². The molecule has 0 aliphatic carbocycles. The summed E-state index contributed by atoms with van der Waals surface area (Å²) in [6.07, 6.45) is 2.19. The molecule has 0 saturated carbocycles. The number of benzene rings is 1. The van der Waals surface area contributed by atoms with Gasteiger partial charge in [0.05, 0.1) is 12.3 Å². The first kappa shape index (κ1) is 16.8. The van der Waals surface area contributed by atoms with Crippen LogP contribution in [0.25, 0.3) is 11.0 Å². The SMILES string of the molecule is CCCOC(=O)c1cnc2nc(C)ccc2c1Nc1ccc(F)cc1. The molecular weight excluding hydrogens is 321 g/mol. The summed E-state index contributed by atoms with van der Waals surface area (Å²) >= 11 is 0. The Kier molecular flexibility index (Phi) is 4.88. The maximum absolute atomic E-state index is 13.1. The number of aromatic nitrogens is 2. The van der Waals surface area contributed by atoms with Gasteiger partial charge in [0.15, 0.2) is 5.65 Å². The molecule has 3 rings (SSSR count). The van der Waals surface area contributed by atoms with Gasteiger partial charge in [-0.1, -0.05) is 6.92 Å². The summed E-state index contributed by atoms with van der Waals surface area (Å²) in [5.74, 6) is -0.786. The smallest absolute Gasteiger partial charge is 0.341 e. The average molecular weight is 339 g/mol. The summed E-state index contributed by atoms with van der Waals surface area (Å²) in [6.45, 7) is 4.13. The monoisotopic (exact) mass is 339 g/mol. The summed E-state index contributed by atoms with van der Waals surface area (Å²) < 4.78 is 18.4. The molecule has 1 N–H and O–H groups in total. The molecule has 0 aliphatic heterocycles. The summed E-state index contributed by atoms with van der Waals surface area (Å²) in [7, 11) is 0. The van der Waals surface area contributed by atoms with Crippen LogP contribution in [0.3, 0.4) is 0 Å². The van der Waals surface area contributed by atoms with E-state index in [4.69, 9.17) is 4.74 Å². The van der Waals surface area contributed by atoms with E-state index in [2.05, 4.69) is 15.3 Å². The molecule has 2 aromatic heterocycles. The topological polar surface area (TPSA) is 64.1 Å². The number of hydrogen-bond donors (Lipinski definition) is 1. The lowest BCUT2D eigenvalue weighted by Crippen LogP contribution is -2.10. The van der Waals surface area contributed by atoms with Crippen molar-refractivity contribution >= 4 is 28.4 Å². The van der Waals surface area contributed by atoms with Gasteiger partial charge in [0, 0.05) is 23.0 Å². The molecule has 0 aliphatic rings. The van der Waals surface area contributed by atoms with E-state index in [-0.39, 0.29) is 5.82 Å². The van der Waals surface area contributed by atoms with Gasteiger partial charge in [-0.25, -0.2) is 19.2 Å². The van der Waals surface area contributed by atoms with E-state index >= 15 is 0 Å². The molecule has 0 atom stereocenters. The van der Waals surface area contributed by atoms with Crippen molar-refractivity contribution in [2.24, 2.45) is 0 Å². The highest BCUT2D eigenvalue weighted by Gasteiger charge is 2.18. The van der Waals surface area contributed by atoms with Crippen LogP contribution in [-0.2, 0) is 4.74 Å². The number of rotatable bonds is 5. The van der Waals surface area contributed by atoms with Gasteiger partial charge in [-0.15, -0.1) is 0 Å². The third-order valence-electron chi connectivity index (χ3n) is 3.64. The molecule has 3 aromatic rings. The maximum atomic E-state index is 13.1. The van der Waals surface area contributed by atoms with E-state index in [0.717, 1.165) is 12.1 Å². The van der Waals surface area contributed by atoms with Gasteiger partial charge in [0.2, 0.25) is 0 Å². The fourth-order valence-corrected chi connectivity index (χ4v) is 2.41. The first-order valence-corrected chi connectivity index (χ1v) is 8.04. The van der Waals surface area contributed by atoms with Crippen molar-refractivity contribution in [3.63, 3.8) is 0 Å². The zero-order valence-corrected chi connectivity index (χ0v) is 14.0. The number of esters is 1. The van der Waals surface area contributed by atoms with E-state index in [0.29, 0.717) is 34.6 Å². The van der Waals surface area contributed by atoms with Crippen LogP contribution in [0.2, 0.25) is 0 Å². The van der Waals surface area contributed by atoms with Gasteiger partial charge in [-0.2, -0.15) is 0 Å². The average Bonchev–Trinajstić information content (AvgIpc) is 2.61. The molecule has 128 valence electrons. The number of ether oxygens (including phenoxy) is 1. The number of carbonyl (C=O) groups excluding carboxylic acids is 1. The molecule has 6 heteroatoms. The lowest BCUT2D eigenvalue weighted by molar-refractivity contribution is 0.0506. The highest BCUT2D eigenvalue weighted by molar-refractivity contribution is 6.05. The Hall–Kier alpha value is -3.02. The van der Waals surface area contributed by atoms with Crippen LogP contribution < -0.4 is 5.32 Å². The molecule has 5 nitrogen and oxygen atoms in total. The van der Waals surface area contributed by atoms with Gasteiger partial charge in [-0.3, -0.25) is 0 Å². The third kappa shape index (κ3) is 3.74. The minimum atomic E-state index is -0.457. The molecule has 25 heavy (non-hydrogen) atoms. The Morgan fingerprint density at radius 3 is 2.68 bits per heavy atom. The number of nitrogens with zero attached hydrogens (tertiary/aromatic N) is 2. The van der Waals surface area contributed by atoms with Crippen molar-refractivity contribution < 1.29 is 13.9 Å². The number of anilines is 2. The molecule has 1 aromatic carbocycles. The maximum Gasteiger partial charge on any atom is 0.341 e. The molecular formula is C19H18FN3O2. The Morgan fingerprint density at radius 2 is 1.96 bits per heavy atom. The van der Waals surface area contributed by atoms with E-state index in [1.807, 2.05) is 26.0 Å². The van der Waals surface area contributed by atoms with E-state index in [9.17, 15) is 9.18 Å². The van der Waals surface area contributed by atoms with Gasteiger partial charge in [-0.05, 0) is 49.7 Å². The fraction of sp³-hybridized carbons (Fsp3) is 0.211. The zero-order valence-electron chi connectivity index (χ0n) is 14.0. The molecule has 0 radical (unpaired) electrons. The van der Waals surface area contributed by atoms with Crippen LogP contribution in [-0.4, -0.2) is 22.5 Å². The first-order chi connectivity index (χ1) is 12.1. The highest BCUT2D eigenvalue weighted by Crippen LogP contribution is 2.29. The quantitative estimate of drug-likeness (QED) is 0.699. The van der Waals surface area contributed by atoms with Crippen LogP contribution in [0.5, 0.6) is 0 Å². The van der Waals surface area contributed by atoms with Gasteiger partial charge in [0.25, 0.3) is 0 Å². The molecule has 0 spiro atoms. The normalized spacial score (nSPS) is 10.7. The van der Waals surface area contributed by atoms with E-state index in [1.54, 1.807) is 12.1 Å².